The molecule has 1 aliphatic carbocycles. The number of para-hydroxylation sites is 1. The van der Waals surface area contributed by atoms with Gasteiger partial charge in [-0.1, -0.05) is 12.1 Å². The fraction of sp³-hybridized carbons (Fsp3) is 0.250. The molecule has 1 aromatic carbocycles. The maximum absolute atomic E-state index is 11.9. The Morgan fingerprint density at radius 2 is 1.83 bits per heavy atom. The van der Waals surface area contributed by atoms with E-state index in [-0.39, 0.29) is 17.6 Å². The third-order valence-electron chi connectivity index (χ3n) is 2.56. The van der Waals surface area contributed by atoms with Gasteiger partial charge in [0.15, 0.2) is 0 Å². The largest absolute Gasteiger partial charge is 0.361 e. The van der Waals surface area contributed by atoms with E-state index in [0.717, 1.165) is 12.8 Å². The third kappa shape index (κ3) is 2.85. The topological polar surface area (TPSA) is 101 Å². The first kappa shape index (κ1) is 12.1. The summed E-state index contributed by atoms with van der Waals surface area (Å²) >= 11 is 0. The molecule has 0 aromatic heterocycles. The first-order valence-electron chi connectivity index (χ1n) is 5.58. The van der Waals surface area contributed by atoms with Gasteiger partial charge in [-0.25, -0.2) is 0 Å². The van der Waals surface area contributed by atoms with Crippen LogP contribution in [0.1, 0.15) is 23.2 Å². The Morgan fingerprint density at radius 3 is 2.44 bits per heavy atom. The molecule has 1 fully saturated rings. The summed E-state index contributed by atoms with van der Waals surface area (Å²) in [4.78, 5) is 33.8. The van der Waals surface area contributed by atoms with Gasteiger partial charge >= 0.3 is 11.8 Å². The standard InChI is InChI=1S/C12H13N3O3/c13-10(16)12(18)15-9-4-2-1-3-8(9)11(17)14-7-5-6-7/h1-4,7H,5-6H2,(H2,13,16)(H,14,17)(H,15,18). The number of benzene rings is 1. The van der Waals surface area contributed by atoms with Crippen molar-refractivity contribution >= 4 is 23.4 Å². The summed E-state index contributed by atoms with van der Waals surface area (Å²) in [6, 6.07) is 6.68. The summed E-state index contributed by atoms with van der Waals surface area (Å²) in [5, 5.41) is 5.12. The predicted octanol–water partition coefficient (Wildman–Crippen LogP) is 0.00260. The summed E-state index contributed by atoms with van der Waals surface area (Å²) in [6.07, 6.45) is 1.95. The average molecular weight is 247 g/mol. The molecule has 0 heterocycles. The number of carbonyl (C=O) groups is 3. The van der Waals surface area contributed by atoms with Gasteiger partial charge in [-0.3, -0.25) is 14.4 Å². The molecule has 2 rings (SSSR count). The number of amides is 3. The quantitative estimate of drug-likeness (QED) is 0.655. The van der Waals surface area contributed by atoms with Gasteiger partial charge in [0, 0.05) is 6.04 Å². The minimum Gasteiger partial charge on any atom is -0.361 e. The predicted molar refractivity (Wildman–Crippen MR) is 64.8 cm³/mol. The molecule has 1 saturated carbocycles. The van der Waals surface area contributed by atoms with Crippen molar-refractivity contribution in [3.05, 3.63) is 29.8 Å². The van der Waals surface area contributed by atoms with Crippen LogP contribution in [-0.2, 0) is 9.59 Å². The molecule has 0 unspecified atom stereocenters. The molecule has 0 aliphatic heterocycles. The smallest absolute Gasteiger partial charge is 0.313 e. The highest BCUT2D eigenvalue weighted by Crippen LogP contribution is 2.21. The van der Waals surface area contributed by atoms with Crippen molar-refractivity contribution in [1.82, 2.24) is 5.32 Å². The lowest BCUT2D eigenvalue weighted by atomic mass is 10.1. The lowest BCUT2D eigenvalue weighted by molar-refractivity contribution is -0.134. The van der Waals surface area contributed by atoms with Gasteiger partial charge in [0.1, 0.15) is 0 Å². The van der Waals surface area contributed by atoms with Gasteiger partial charge in [0.25, 0.3) is 5.91 Å². The Labute approximate surface area is 104 Å². The number of rotatable bonds is 3. The number of primary amides is 1. The van der Waals surface area contributed by atoms with Crippen molar-refractivity contribution in [2.45, 2.75) is 18.9 Å². The van der Waals surface area contributed by atoms with E-state index in [0.29, 0.717) is 5.56 Å². The van der Waals surface area contributed by atoms with Crippen molar-refractivity contribution in [2.75, 3.05) is 5.32 Å². The first-order valence-corrected chi connectivity index (χ1v) is 5.58. The summed E-state index contributed by atoms with van der Waals surface area (Å²) in [6.45, 7) is 0. The van der Waals surface area contributed by atoms with E-state index >= 15 is 0 Å². The van der Waals surface area contributed by atoms with Gasteiger partial charge in [0.2, 0.25) is 0 Å². The minimum atomic E-state index is -1.09. The molecule has 1 aromatic rings. The molecule has 6 heteroatoms. The highest BCUT2D eigenvalue weighted by atomic mass is 16.2. The van der Waals surface area contributed by atoms with Gasteiger partial charge in [-0.05, 0) is 25.0 Å². The molecule has 0 saturated heterocycles. The molecule has 0 radical (unpaired) electrons. The number of hydrogen-bond acceptors (Lipinski definition) is 3. The number of nitrogens with two attached hydrogens (primary N) is 1. The lowest BCUT2D eigenvalue weighted by Crippen LogP contribution is -2.31. The van der Waals surface area contributed by atoms with Crippen molar-refractivity contribution < 1.29 is 14.4 Å². The zero-order valence-corrected chi connectivity index (χ0v) is 9.60. The van der Waals surface area contributed by atoms with Crippen LogP contribution < -0.4 is 16.4 Å². The second-order valence-corrected chi connectivity index (χ2v) is 4.11. The van der Waals surface area contributed by atoms with Crippen LogP contribution in [0.3, 0.4) is 0 Å². The van der Waals surface area contributed by atoms with Crippen LogP contribution in [0.2, 0.25) is 0 Å². The lowest BCUT2D eigenvalue weighted by Gasteiger charge is -2.09. The van der Waals surface area contributed by atoms with Crippen molar-refractivity contribution in [3.8, 4) is 0 Å². The summed E-state index contributed by atoms with van der Waals surface area (Å²) in [5.41, 5.74) is 5.44. The highest BCUT2D eigenvalue weighted by molar-refractivity contribution is 6.39. The highest BCUT2D eigenvalue weighted by Gasteiger charge is 2.25. The summed E-state index contributed by atoms with van der Waals surface area (Å²) < 4.78 is 0. The summed E-state index contributed by atoms with van der Waals surface area (Å²) in [7, 11) is 0. The van der Waals surface area contributed by atoms with Crippen LogP contribution >= 0.6 is 0 Å². The van der Waals surface area contributed by atoms with E-state index in [1.165, 1.54) is 0 Å². The maximum Gasteiger partial charge on any atom is 0.313 e. The van der Waals surface area contributed by atoms with Crippen molar-refractivity contribution in [3.63, 3.8) is 0 Å². The fourth-order valence-corrected chi connectivity index (χ4v) is 1.46. The molecule has 1 aliphatic rings. The van der Waals surface area contributed by atoms with E-state index < -0.39 is 11.8 Å². The molecular weight excluding hydrogens is 234 g/mol. The van der Waals surface area contributed by atoms with Crippen LogP contribution in [0.25, 0.3) is 0 Å². The van der Waals surface area contributed by atoms with E-state index in [1.807, 2.05) is 0 Å². The van der Waals surface area contributed by atoms with E-state index in [2.05, 4.69) is 10.6 Å². The molecule has 4 N–H and O–H groups in total. The van der Waals surface area contributed by atoms with Gasteiger partial charge in [0.05, 0.1) is 11.3 Å². The second-order valence-electron chi connectivity index (χ2n) is 4.11. The Kier molecular flexibility index (Phi) is 3.27. The molecular formula is C12H13N3O3. The molecule has 3 amide bonds. The van der Waals surface area contributed by atoms with Crippen LogP contribution in [-0.4, -0.2) is 23.8 Å². The van der Waals surface area contributed by atoms with Crippen LogP contribution in [0.15, 0.2) is 24.3 Å². The van der Waals surface area contributed by atoms with Crippen LogP contribution in [0, 0.1) is 0 Å². The van der Waals surface area contributed by atoms with Crippen LogP contribution in [0.5, 0.6) is 0 Å². The minimum absolute atomic E-state index is 0.220. The van der Waals surface area contributed by atoms with Gasteiger partial charge in [-0.15, -0.1) is 0 Å². The Bertz CT molecular complexity index is 509. The van der Waals surface area contributed by atoms with E-state index in [9.17, 15) is 14.4 Å². The molecule has 0 spiro atoms. The zero-order chi connectivity index (χ0) is 13.1. The molecule has 0 atom stereocenters. The molecule has 6 nitrogen and oxygen atoms in total. The molecule has 18 heavy (non-hydrogen) atoms. The number of nitrogens with one attached hydrogen (secondary N) is 2. The first-order chi connectivity index (χ1) is 8.58. The number of carbonyl (C=O) groups excluding carboxylic acids is 3. The second kappa shape index (κ2) is 4.87. The average Bonchev–Trinajstić information content (AvgIpc) is 3.13. The van der Waals surface area contributed by atoms with Crippen molar-refractivity contribution in [2.24, 2.45) is 5.73 Å². The van der Waals surface area contributed by atoms with Gasteiger partial charge < -0.3 is 16.4 Å². The van der Waals surface area contributed by atoms with E-state index in [1.54, 1.807) is 24.3 Å². The van der Waals surface area contributed by atoms with Gasteiger partial charge in [-0.2, -0.15) is 0 Å². The Morgan fingerprint density at radius 1 is 1.17 bits per heavy atom. The Hall–Kier alpha value is -2.37. The van der Waals surface area contributed by atoms with Crippen LogP contribution in [0.4, 0.5) is 5.69 Å². The molecule has 0 bridgehead atoms. The maximum atomic E-state index is 11.9. The monoisotopic (exact) mass is 247 g/mol. The van der Waals surface area contributed by atoms with Crippen molar-refractivity contribution in [1.29, 1.82) is 0 Å². The summed E-state index contributed by atoms with van der Waals surface area (Å²) in [5.74, 6) is -2.30. The zero-order valence-electron chi connectivity index (χ0n) is 9.60. The molecule has 94 valence electrons. The normalized spacial score (nSPS) is 13.8. The fourth-order valence-electron chi connectivity index (χ4n) is 1.46. The Balaban J connectivity index is 2.16. The number of anilines is 1. The number of hydrogen-bond donors (Lipinski definition) is 3. The van der Waals surface area contributed by atoms with E-state index in [4.69, 9.17) is 5.73 Å². The SMILES string of the molecule is NC(=O)C(=O)Nc1ccccc1C(=O)NC1CC1. The third-order valence-corrected chi connectivity index (χ3v) is 2.56.